The molecule has 3 nitrogen and oxygen atoms in total. The zero-order valence-corrected chi connectivity index (χ0v) is 11.9. The Morgan fingerprint density at radius 2 is 2.05 bits per heavy atom. The van der Waals surface area contributed by atoms with Gasteiger partial charge in [-0.15, -0.1) is 0 Å². The van der Waals surface area contributed by atoms with Crippen molar-refractivity contribution in [2.75, 3.05) is 7.11 Å². The van der Waals surface area contributed by atoms with Crippen LogP contribution in [0.2, 0.25) is 5.15 Å². The Bertz CT molecular complexity index is 589. The lowest BCUT2D eigenvalue weighted by Crippen LogP contribution is -2.15. The Morgan fingerprint density at radius 1 is 1.32 bits per heavy atom. The fourth-order valence-corrected chi connectivity index (χ4v) is 3.04. The number of hydrogen-bond acceptors (Lipinski definition) is 2. The zero-order valence-electron chi connectivity index (χ0n) is 11.2. The quantitative estimate of drug-likeness (QED) is 0.825. The number of halogens is 1. The number of fused-ring (bicyclic) bond motifs is 1. The number of rotatable bonds is 2. The predicted octanol–water partition coefficient (Wildman–Crippen LogP) is 4.11. The second-order valence-electron chi connectivity index (χ2n) is 5.01. The van der Waals surface area contributed by atoms with Gasteiger partial charge in [-0.25, -0.2) is 4.98 Å². The number of imidazole rings is 1. The van der Waals surface area contributed by atoms with Gasteiger partial charge in [0.15, 0.2) is 5.15 Å². The Kier molecular flexibility index (Phi) is 3.23. The molecule has 19 heavy (non-hydrogen) atoms. The van der Waals surface area contributed by atoms with Gasteiger partial charge in [-0.2, -0.15) is 0 Å². The van der Waals surface area contributed by atoms with E-state index in [0.717, 1.165) is 23.6 Å². The van der Waals surface area contributed by atoms with Gasteiger partial charge in [0.1, 0.15) is 11.6 Å². The van der Waals surface area contributed by atoms with E-state index in [2.05, 4.69) is 16.5 Å². The summed E-state index contributed by atoms with van der Waals surface area (Å²) >= 11 is 6.28. The average molecular weight is 277 g/mol. The predicted molar refractivity (Wildman–Crippen MR) is 76.9 cm³/mol. The SMILES string of the molecule is COc1ccc(-c2nc(Cl)c3n2C(C)CCC3)cc1. The Labute approximate surface area is 118 Å². The number of methoxy groups -OCH3 is 1. The lowest BCUT2D eigenvalue weighted by Gasteiger charge is -2.24. The van der Waals surface area contributed by atoms with Crippen LogP contribution in [-0.4, -0.2) is 16.7 Å². The van der Waals surface area contributed by atoms with Crippen molar-refractivity contribution in [1.29, 1.82) is 0 Å². The molecule has 1 atom stereocenters. The van der Waals surface area contributed by atoms with E-state index in [-0.39, 0.29) is 0 Å². The third kappa shape index (κ3) is 2.12. The molecule has 0 amide bonds. The van der Waals surface area contributed by atoms with Gasteiger partial charge in [0.05, 0.1) is 12.8 Å². The van der Waals surface area contributed by atoms with Crippen molar-refractivity contribution >= 4 is 11.6 Å². The molecule has 3 rings (SSSR count). The topological polar surface area (TPSA) is 27.1 Å². The Morgan fingerprint density at radius 3 is 2.74 bits per heavy atom. The standard InChI is InChI=1S/C15H17ClN2O/c1-10-4-3-5-13-14(16)17-15(18(10)13)11-6-8-12(19-2)9-7-11/h6-10H,3-5H2,1-2H3. The van der Waals surface area contributed by atoms with Gasteiger partial charge in [-0.1, -0.05) is 11.6 Å². The monoisotopic (exact) mass is 276 g/mol. The molecule has 1 aromatic heterocycles. The summed E-state index contributed by atoms with van der Waals surface area (Å²) in [4.78, 5) is 4.56. The minimum absolute atomic E-state index is 0.459. The average Bonchev–Trinajstić information content (AvgIpc) is 2.78. The molecule has 0 saturated heterocycles. The van der Waals surface area contributed by atoms with E-state index in [4.69, 9.17) is 16.3 Å². The highest BCUT2D eigenvalue weighted by Crippen LogP contribution is 2.35. The molecule has 2 aromatic rings. The third-order valence-corrected chi connectivity index (χ3v) is 4.09. The molecule has 2 heterocycles. The molecular formula is C15H17ClN2O. The van der Waals surface area contributed by atoms with Gasteiger partial charge in [-0.3, -0.25) is 0 Å². The molecule has 1 aromatic carbocycles. The van der Waals surface area contributed by atoms with Gasteiger partial charge in [0.2, 0.25) is 0 Å². The zero-order chi connectivity index (χ0) is 13.4. The normalized spacial score (nSPS) is 18.2. The van der Waals surface area contributed by atoms with Gasteiger partial charge in [0, 0.05) is 11.6 Å². The van der Waals surface area contributed by atoms with Crippen LogP contribution < -0.4 is 4.74 Å². The summed E-state index contributed by atoms with van der Waals surface area (Å²) < 4.78 is 7.48. The van der Waals surface area contributed by atoms with Crippen molar-refractivity contribution in [1.82, 2.24) is 9.55 Å². The van der Waals surface area contributed by atoms with Crippen LogP contribution in [0.25, 0.3) is 11.4 Å². The maximum Gasteiger partial charge on any atom is 0.150 e. The lowest BCUT2D eigenvalue weighted by atomic mass is 10.0. The summed E-state index contributed by atoms with van der Waals surface area (Å²) in [5, 5.41) is 0.650. The van der Waals surface area contributed by atoms with Crippen LogP contribution in [0.15, 0.2) is 24.3 Å². The van der Waals surface area contributed by atoms with Crippen molar-refractivity contribution in [2.45, 2.75) is 32.2 Å². The fourth-order valence-electron chi connectivity index (χ4n) is 2.77. The number of benzene rings is 1. The largest absolute Gasteiger partial charge is 0.497 e. The molecule has 0 aliphatic carbocycles. The van der Waals surface area contributed by atoms with Crippen molar-refractivity contribution < 1.29 is 4.74 Å². The highest BCUT2D eigenvalue weighted by Gasteiger charge is 2.24. The van der Waals surface area contributed by atoms with Crippen LogP contribution in [0.4, 0.5) is 0 Å². The summed E-state index contributed by atoms with van der Waals surface area (Å²) in [5.41, 5.74) is 2.26. The number of hydrogen-bond donors (Lipinski definition) is 0. The fraction of sp³-hybridized carbons (Fsp3) is 0.400. The molecule has 0 saturated carbocycles. The van der Waals surface area contributed by atoms with Crippen molar-refractivity contribution in [3.8, 4) is 17.1 Å². The van der Waals surface area contributed by atoms with Crippen LogP contribution in [0, 0.1) is 0 Å². The Balaban J connectivity index is 2.09. The van der Waals surface area contributed by atoms with E-state index in [1.807, 2.05) is 24.3 Å². The van der Waals surface area contributed by atoms with E-state index in [0.29, 0.717) is 11.2 Å². The summed E-state index contributed by atoms with van der Waals surface area (Å²) in [6, 6.07) is 8.44. The molecule has 0 bridgehead atoms. The van der Waals surface area contributed by atoms with Crippen molar-refractivity contribution in [3.05, 3.63) is 35.1 Å². The molecular weight excluding hydrogens is 260 g/mol. The minimum Gasteiger partial charge on any atom is -0.497 e. The van der Waals surface area contributed by atoms with Gasteiger partial charge >= 0.3 is 0 Å². The van der Waals surface area contributed by atoms with Gasteiger partial charge in [0.25, 0.3) is 0 Å². The van der Waals surface area contributed by atoms with Crippen LogP contribution in [0.5, 0.6) is 5.75 Å². The first-order valence-corrected chi connectivity index (χ1v) is 6.99. The number of nitrogens with zero attached hydrogens (tertiary/aromatic N) is 2. The van der Waals surface area contributed by atoms with Crippen LogP contribution in [0.1, 0.15) is 31.5 Å². The molecule has 4 heteroatoms. The van der Waals surface area contributed by atoms with Gasteiger partial charge in [-0.05, 0) is 50.5 Å². The maximum atomic E-state index is 6.28. The third-order valence-electron chi connectivity index (χ3n) is 3.79. The maximum absolute atomic E-state index is 6.28. The van der Waals surface area contributed by atoms with Crippen LogP contribution in [0.3, 0.4) is 0 Å². The summed E-state index contributed by atoms with van der Waals surface area (Å²) in [5.74, 6) is 1.82. The van der Waals surface area contributed by atoms with Crippen LogP contribution in [-0.2, 0) is 6.42 Å². The number of ether oxygens (including phenoxy) is 1. The Hall–Kier alpha value is -1.48. The first kappa shape index (κ1) is 12.5. The molecule has 0 radical (unpaired) electrons. The summed E-state index contributed by atoms with van der Waals surface area (Å²) in [7, 11) is 1.67. The smallest absolute Gasteiger partial charge is 0.150 e. The molecule has 0 fully saturated rings. The molecule has 0 spiro atoms. The molecule has 100 valence electrons. The summed E-state index contributed by atoms with van der Waals surface area (Å²) in [6.45, 7) is 2.23. The molecule has 1 aliphatic rings. The van der Waals surface area contributed by atoms with Crippen molar-refractivity contribution in [3.63, 3.8) is 0 Å². The number of aromatic nitrogens is 2. The second-order valence-corrected chi connectivity index (χ2v) is 5.37. The minimum atomic E-state index is 0.459. The highest BCUT2D eigenvalue weighted by atomic mass is 35.5. The summed E-state index contributed by atoms with van der Waals surface area (Å²) in [6.07, 6.45) is 3.39. The van der Waals surface area contributed by atoms with E-state index >= 15 is 0 Å². The van der Waals surface area contributed by atoms with Crippen molar-refractivity contribution in [2.24, 2.45) is 0 Å². The van der Waals surface area contributed by atoms with E-state index in [1.54, 1.807) is 7.11 Å². The van der Waals surface area contributed by atoms with Gasteiger partial charge < -0.3 is 9.30 Å². The first-order chi connectivity index (χ1) is 9.20. The van der Waals surface area contributed by atoms with Crippen LogP contribution >= 0.6 is 11.6 Å². The van der Waals surface area contributed by atoms with E-state index in [1.165, 1.54) is 18.5 Å². The first-order valence-electron chi connectivity index (χ1n) is 6.61. The van der Waals surface area contributed by atoms with E-state index in [9.17, 15) is 0 Å². The molecule has 1 aliphatic heterocycles. The van der Waals surface area contributed by atoms with E-state index < -0.39 is 0 Å². The second kappa shape index (κ2) is 4.89. The molecule has 0 N–H and O–H groups in total. The highest BCUT2D eigenvalue weighted by molar-refractivity contribution is 6.30. The molecule has 1 unspecified atom stereocenters. The lowest BCUT2D eigenvalue weighted by molar-refractivity contribution is 0.414.